The summed E-state index contributed by atoms with van der Waals surface area (Å²) in [4.78, 5) is 23.4. The van der Waals surface area contributed by atoms with Crippen LogP contribution in [0.15, 0.2) is 18.2 Å². The minimum atomic E-state index is -5.55. The van der Waals surface area contributed by atoms with E-state index in [-0.39, 0.29) is 11.4 Å². The third-order valence-electron chi connectivity index (χ3n) is 3.19. The fraction of sp³-hybridized carbons (Fsp3) is 0.429. The van der Waals surface area contributed by atoms with Gasteiger partial charge in [0, 0.05) is 6.07 Å². The number of benzene rings is 1. The van der Waals surface area contributed by atoms with E-state index >= 15 is 0 Å². The lowest BCUT2D eigenvalue weighted by molar-refractivity contribution is -0.260. The van der Waals surface area contributed by atoms with Crippen LogP contribution in [-0.4, -0.2) is 55.5 Å². The summed E-state index contributed by atoms with van der Waals surface area (Å²) in [5, 5.41) is 9.03. The number of carbonyl (C=O) groups is 2. The van der Waals surface area contributed by atoms with Crippen LogP contribution < -0.4 is 14.8 Å². The van der Waals surface area contributed by atoms with Crippen molar-refractivity contribution in [1.29, 1.82) is 0 Å². The van der Waals surface area contributed by atoms with Crippen LogP contribution in [0.1, 0.15) is 0 Å². The molecule has 0 saturated carbocycles. The molecule has 11 heteroatoms. The van der Waals surface area contributed by atoms with Crippen molar-refractivity contribution in [2.75, 3.05) is 26.6 Å². The molecule has 7 nitrogen and oxygen atoms in total. The molecule has 0 fully saturated rings. The molecule has 0 unspecified atom stereocenters. The highest BCUT2D eigenvalue weighted by Crippen LogP contribution is 2.38. The Balaban J connectivity index is 3.16. The molecule has 2 N–H and O–H groups in total. The number of rotatable bonds is 6. The highest BCUT2D eigenvalue weighted by Gasteiger charge is 2.67. The van der Waals surface area contributed by atoms with Gasteiger partial charge in [-0.3, -0.25) is 4.79 Å². The Labute approximate surface area is 145 Å². The van der Waals surface area contributed by atoms with Crippen molar-refractivity contribution in [3.05, 3.63) is 18.2 Å². The minimum absolute atomic E-state index is 0.0478. The summed E-state index contributed by atoms with van der Waals surface area (Å²) in [6.07, 6.45) is -5.55. The van der Waals surface area contributed by atoms with Gasteiger partial charge in [0.05, 0.1) is 27.0 Å². The van der Waals surface area contributed by atoms with E-state index in [1.807, 2.05) is 0 Å². The maximum atomic E-state index is 13.1. The molecule has 0 aromatic heterocycles. The zero-order valence-electron chi connectivity index (χ0n) is 13.3. The van der Waals surface area contributed by atoms with Gasteiger partial charge in [-0.15, -0.1) is 11.6 Å². The Bertz CT molecular complexity index is 654. The van der Waals surface area contributed by atoms with Crippen LogP contribution in [0.4, 0.5) is 18.9 Å². The molecule has 140 valence electrons. The molecule has 0 radical (unpaired) electrons. The number of methoxy groups -OCH3 is 3. The average Bonchev–Trinajstić information content (AvgIpc) is 2.58. The number of nitrogens with one attached hydrogen (secondary N) is 1. The van der Waals surface area contributed by atoms with Crippen LogP contribution in [-0.2, 0) is 14.3 Å². The van der Waals surface area contributed by atoms with E-state index in [4.69, 9.17) is 21.1 Å². The van der Waals surface area contributed by atoms with Crippen molar-refractivity contribution in [3.8, 4) is 11.5 Å². The number of hydrogen-bond donors (Lipinski definition) is 2. The van der Waals surface area contributed by atoms with Gasteiger partial charge >= 0.3 is 12.1 Å². The van der Waals surface area contributed by atoms with Gasteiger partial charge in [-0.05, 0) is 12.1 Å². The molecule has 1 aromatic carbocycles. The van der Waals surface area contributed by atoms with Gasteiger partial charge in [-0.2, -0.15) is 13.2 Å². The summed E-state index contributed by atoms with van der Waals surface area (Å²) >= 11 is 5.45. The summed E-state index contributed by atoms with van der Waals surface area (Å²) in [5.41, 5.74) is -4.28. The quantitative estimate of drug-likeness (QED) is 0.572. The lowest BCUT2D eigenvalue weighted by atomic mass is 9.97. The summed E-state index contributed by atoms with van der Waals surface area (Å²) in [7, 11) is 3.25. The summed E-state index contributed by atoms with van der Waals surface area (Å²) in [5.74, 6) is -3.18. The van der Waals surface area contributed by atoms with E-state index in [9.17, 15) is 27.9 Å². The first-order valence-electron chi connectivity index (χ1n) is 6.57. The Morgan fingerprint density at radius 3 is 2.24 bits per heavy atom. The second-order valence-corrected chi connectivity index (χ2v) is 5.11. The molecule has 1 rings (SSSR count). The van der Waals surface area contributed by atoms with Crippen molar-refractivity contribution < 1.29 is 42.1 Å². The third-order valence-corrected chi connectivity index (χ3v) is 3.71. The molecular formula is C14H15ClF3NO6. The maximum Gasteiger partial charge on any atom is 0.430 e. The molecule has 1 aromatic rings. The lowest BCUT2D eigenvalue weighted by Crippen LogP contribution is -2.62. The summed E-state index contributed by atoms with van der Waals surface area (Å²) in [6, 6.07) is 4.04. The average molecular weight is 386 g/mol. The Hall–Kier alpha value is -2.20. The van der Waals surface area contributed by atoms with Crippen molar-refractivity contribution in [1.82, 2.24) is 0 Å². The first kappa shape index (κ1) is 20.8. The molecule has 0 aliphatic carbocycles. The Morgan fingerprint density at radius 1 is 1.20 bits per heavy atom. The molecule has 0 heterocycles. The molecule has 2 atom stereocenters. The highest BCUT2D eigenvalue weighted by molar-refractivity contribution is 6.35. The van der Waals surface area contributed by atoms with Crippen LogP contribution in [0.2, 0.25) is 0 Å². The van der Waals surface area contributed by atoms with Crippen LogP contribution in [0.3, 0.4) is 0 Å². The van der Waals surface area contributed by atoms with Crippen molar-refractivity contribution >= 4 is 29.2 Å². The van der Waals surface area contributed by atoms with Gasteiger partial charge in [-0.25, -0.2) is 4.79 Å². The van der Waals surface area contributed by atoms with E-state index in [0.29, 0.717) is 12.9 Å². The smallest absolute Gasteiger partial charge is 0.430 e. The number of esters is 1. The number of halogens is 4. The zero-order chi connectivity index (χ0) is 19.4. The Morgan fingerprint density at radius 2 is 1.80 bits per heavy atom. The van der Waals surface area contributed by atoms with Gasteiger partial charge in [0.15, 0.2) is 5.38 Å². The maximum absolute atomic E-state index is 13.1. The second kappa shape index (κ2) is 7.79. The van der Waals surface area contributed by atoms with Crippen molar-refractivity contribution in [3.63, 3.8) is 0 Å². The van der Waals surface area contributed by atoms with Gasteiger partial charge in [-0.1, -0.05) is 0 Å². The molecule has 0 aliphatic rings. The van der Waals surface area contributed by atoms with Gasteiger partial charge in [0.2, 0.25) is 5.91 Å². The van der Waals surface area contributed by atoms with E-state index in [1.165, 1.54) is 32.4 Å². The normalized spacial score (nSPS) is 14.9. The summed E-state index contributed by atoms with van der Waals surface area (Å²) in [6.45, 7) is 0. The highest BCUT2D eigenvalue weighted by atomic mass is 35.5. The zero-order valence-corrected chi connectivity index (χ0v) is 14.1. The molecular weight excluding hydrogens is 371 g/mol. The number of ether oxygens (including phenoxy) is 3. The fourth-order valence-corrected chi connectivity index (χ4v) is 2.07. The molecule has 0 spiro atoms. The SMILES string of the molecule is COC(=O)[C@@](O)([C@H](Cl)C(=O)Nc1ccc(OC)cc1OC)C(F)(F)F. The van der Waals surface area contributed by atoms with E-state index in [2.05, 4.69) is 10.1 Å². The monoisotopic (exact) mass is 385 g/mol. The van der Waals surface area contributed by atoms with Gasteiger partial charge < -0.3 is 24.6 Å². The van der Waals surface area contributed by atoms with Gasteiger partial charge in [0.25, 0.3) is 5.60 Å². The number of alkyl halides is 4. The fourth-order valence-electron chi connectivity index (χ4n) is 1.81. The number of anilines is 1. The topological polar surface area (TPSA) is 94.1 Å². The number of carbonyl (C=O) groups excluding carboxylic acids is 2. The van der Waals surface area contributed by atoms with E-state index in [1.54, 1.807) is 0 Å². The Kier molecular flexibility index (Phi) is 6.49. The first-order chi connectivity index (χ1) is 11.5. The third kappa shape index (κ3) is 4.07. The molecule has 25 heavy (non-hydrogen) atoms. The van der Waals surface area contributed by atoms with Crippen LogP contribution >= 0.6 is 11.6 Å². The predicted octanol–water partition coefficient (Wildman–Crippen LogP) is 1.72. The van der Waals surface area contributed by atoms with Crippen LogP contribution in [0.25, 0.3) is 0 Å². The molecule has 0 aliphatic heterocycles. The van der Waals surface area contributed by atoms with Crippen LogP contribution in [0.5, 0.6) is 11.5 Å². The van der Waals surface area contributed by atoms with Gasteiger partial charge in [0.1, 0.15) is 11.5 Å². The van der Waals surface area contributed by atoms with Crippen LogP contribution in [0, 0.1) is 0 Å². The number of hydrogen-bond acceptors (Lipinski definition) is 6. The molecule has 0 bridgehead atoms. The molecule has 0 saturated heterocycles. The largest absolute Gasteiger partial charge is 0.497 e. The second-order valence-electron chi connectivity index (χ2n) is 4.67. The first-order valence-corrected chi connectivity index (χ1v) is 7.01. The van der Waals surface area contributed by atoms with Crippen molar-refractivity contribution in [2.45, 2.75) is 17.2 Å². The minimum Gasteiger partial charge on any atom is -0.497 e. The number of amides is 1. The number of aliphatic hydroxyl groups is 1. The van der Waals surface area contributed by atoms with E-state index < -0.39 is 29.0 Å². The lowest BCUT2D eigenvalue weighted by Gasteiger charge is -2.30. The molecule has 1 amide bonds. The predicted molar refractivity (Wildman–Crippen MR) is 80.8 cm³/mol. The standard InChI is InChI=1S/C14H15ClF3NO6/c1-23-7-4-5-8(9(6-7)24-2)19-11(20)10(15)13(22,12(21)25-3)14(16,17)18/h4-6,10,22H,1-3H3,(H,19,20)/t10-,13+/m1/s1. The van der Waals surface area contributed by atoms with Crippen molar-refractivity contribution in [2.24, 2.45) is 0 Å². The summed E-state index contributed by atoms with van der Waals surface area (Å²) < 4.78 is 53.1. The van der Waals surface area contributed by atoms with E-state index in [0.717, 1.165) is 0 Å².